The van der Waals surface area contributed by atoms with E-state index in [0.29, 0.717) is 12.6 Å². The predicted molar refractivity (Wildman–Crippen MR) is 60.6 cm³/mol. The van der Waals surface area contributed by atoms with Gasteiger partial charge >= 0.3 is 0 Å². The molecule has 0 saturated heterocycles. The first-order valence-corrected chi connectivity index (χ1v) is 5.46. The molecule has 0 radical (unpaired) electrons. The Morgan fingerprint density at radius 2 is 2.33 bits per heavy atom. The van der Waals surface area contributed by atoms with Crippen LogP contribution in [0.3, 0.4) is 0 Å². The minimum atomic E-state index is 0.557. The molecule has 0 aliphatic carbocycles. The Bertz CT molecular complexity index is 271. The lowest BCUT2D eigenvalue weighted by Gasteiger charge is -2.08. The van der Waals surface area contributed by atoms with E-state index in [-0.39, 0.29) is 0 Å². The predicted octanol–water partition coefficient (Wildman–Crippen LogP) is 1.32. The Balaban J connectivity index is 2.00. The molecular formula is C11H21N3O. The van der Waals surface area contributed by atoms with Gasteiger partial charge in [-0.05, 0) is 13.0 Å². The lowest BCUT2D eigenvalue weighted by Crippen LogP contribution is -2.24. The summed E-state index contributed by atoms with van der Waals surface area (Å²) in [6, 6.07) is 0.557. The molecular weight excluding hydrogens is 190 g/mol. The van der Waals surface area contributed by atoms with Gasteiger partial charge in [0, 0.05) is 19.7 Å². The molecule has 0 aliphatic rings. The van der Waals surface area contributed by atoms with Crippen molar-refractivity contribution in [2.24, 2.45) is 7.05 Å². The van der Waals surface area contributed by atoms with Crippen molar-refractivity contribution < 1.29 is 4.74 Å². The first-order chi connectivity index (χ1) is 7.20. The van der Waals surface area contributed by atoms with E-state index < -0.39 is 0 Å². The van der Waals surface area contributed by atoms with Crippen molar-refractivity contribution in [2.75, 3.05) is 13.2 Å². The summed E-state index contributed by atoms with van der Waals surface area (Å²) >= 11 is 0. The summed E-state index contributed by atoms with van der Waals surface area (Å²) in [7, 11) is 1.98. The highest BCUT2D eigenvalue weighted by Gasteiger charge is 1.97. The lowest BCUT2D eigenvalue weighted by molar-refractivity contribution is 0.114. The molecule has 1 rings (SSSR count). The minimum absolute atomic E-state index is 0.557. The molecule has 86 valence electrons. The van der Waals surface area contributed by atoms with Gasteiger partial charge in [-0.2, -0.15) is 0 Å². The molecule has 1 aromatic rings. The Morgan fingerprint density at radius 1 is 1.53 bits per heavy atom. The number of aromatic nitrogens is 2. The average molecular weight is 211 g/mol. The second-order valence-electron chi connectivity index (χ2n) is 4.01. The number of nitrogens with zero attached hydrogens (tertiary/aromatic N) is 2. The number of hydrogen-bond acceptors (Lipinski definition) is 3. The zero-order valence-electron chi connectivity index (χ0n) is 9.86. The number of hydrogen-bond donors (Lipinski definition) is 1. The molecule has 1 N–H and O–H groups in total. The van der Waals surface area contributed by atoms with Gasteiger partial charge in [0.1, 0.15) is 0 Å². The molecule has 1 heterocycles. The molecule has 0 amide bonds. The smallest absolute Gasteiger partial charge is 0.0946 e. The third kappa shape index (κ3) is 4.95. The zero-order chi connectivity index (χ0) is 11.1. The zero-order valence-corrected chi connectivity index (χ0v) is 9.86. The Hall–Kier alpha value is -0.870. The fraction of sp³-hybridized carbons (Fsp3) is 0.727. The van der Waals surface area contributed by atoms with Crippen LogP contribution in [0.2, 0.25) is 0 Å². The maximum absolute atomic E-state index is 5.54. The standard InChI is InChI=1S/C11H21N3O/c1-10(2)13-5-4-6-15-8-11-7-12-9-14(11)3/h7,9-10,13H,4-6,8H2,1-3H3. The largest absolute Gasteiger partial charge is 0.375 e. The maximum Gasteiger partial charge on any atom is 0.0946 e. The molecule has 0 bridgehead atoms. The third-order valence-electron chi connectivity index (χ3n) is 2.18. The van der Waals surface area contributed by atoms with Gasteiger partial charge < -0.3 is 14.6 Å². The lowest BCUT2D eigenvalue weighted by atomic mass is 10.3. The fourth-order valence-electron chi connectivity index (χ4n) is 1.27. The van der Waals surface area contributed by atoms with E-state index in [9.17, 15) is 0 Å². The van der Waals surface area contributed by atoms with Gasteiger partial charge in [0.25, 0.3) is 0 Å². The quantitative estimate of drug-likeness (QED) is 0.691. The van der Waals surface area contributed by atoms with Gasteiger partial charge in [-0.3, -0.25) is 0 Å². The van der Waals surface area contributed by atoms with Crippen LogP contribution < -0.4 is 5.32 Å². The number of rotatable bonds is 7. The monoisotopic (exact) mass is 211 g/mol. The van der Waals surface area contributed by atoms with E-state index >= 15 is 0 Å². The van der Waals surface area contributed by atoms with Crippen molar-refractivity contribution in [1.82, 2.24) is 14.9 Å². The Kier molecular flexibility index (Phi) is 5.36. The molecule has 0 saturated carbocycles. The van der Waals surface area contributed by atoms with Crippen LogP contribution in [0.5, 0.6) is 0 Å². The van der Waals surface area contributed by atoms with Gasteiger partial charge in [-0.25, -0.2) is 4.98 Å². The van der Waals surface area contributed by atoms with E-state index in [1.165, 1.54) is 0 Å². The maximum atomic E-state index is 5.54. The first-order valence-electron chi connectivity index (χ1n) is 5.46. The van der Waals surface area contributed by atoms with Gasteiger partial charge in [0.2, 0.25) is 0 Å². The first kappa shape index (κ1) is 12.2. The minimum Gasteiger partial charge on any atom is -0.375 e. The number of nitrogens with one attached hydrogen (secondary N) is 1. The van der Waals surface area contributed by atoms with Gasteiger partial charge in [-0.1, -0.05) is 13.8 Å². The second-order valence-corrected chi connectivity index (χ2v) is 4.01. The van der Waals surface area contributed by atoms with Crippen LogP contribution in [0, 0.1) is 0 Å². The second kappa shape index (κ2) is 6.58. The molecule has 4 heteroatoms. The van der Waals surface area contributed by atoms with E-state index in [0.717, 1.165) is 25.3 Å². The van der Waals surface area contributed by atoms with Crippen LogP contribution >= 0.6 is 0 Å². The number of aryl methyl sites for hydroxylation is 1. The molecule has 4 nitrogen and oxygen atoms in total. The van der Waals surface area contributed by atoms with Crippen LogP contribution in [-0.4, -0.2) is 28.7 Å². The third-order valence-corrected chi connectivity index (χ3v) is 2.18. The summed E-state index contributed by atoms with van der Waals surface area (Å²) in [5.74, 6) is 0. The molecule has 0 fully saturated rings. The fourth-order valence-corrected chi connectivity index (χ4v) is 1.27. The molecule has 15 heavy (non-hydrogen) atoms. The van der Waals surface area contributed by atoms with Crippen LogP contribution in [0.25, 0.3) is 0 Å². The molecule has 0 aliphatic heterocycles. The summed E-state index contributed by atoms with van der Waals surface area (Å²) in [6.07, 6.45) is 4.68. The highest BCUT2D eigenvalue weighted by molar-refractivity contribution is 4.94. The molecule has 0 aromatic carbocycles. The van der Waals surface area contributed by atoms with Crippen LogP contribution in [0.1, 0.15) is 26.0 Å². The van der Waals surface area contributed by atoms with E-state index in [1.807, 2.05) is 17.8 Å². The summed E-state index contributed by atoms with van der Waals surface area (Å²) in [4.78, 5) is 4.03. The highest BCUT2D eigenvalue weighted by Crippen LogP contribution is 1.98. The van der Waals surface area contributed by atoms with Gasteiger partial charge in [0.15, 0.2) is 0 Å². The van der Waals surface area contributed by atoms with Gasteiger partial charge in [-0.15, -0.1) is 0 Å². The van der Waals surface area contributed by atoms with E-state index in [2.05, 4.69) is 24.1 Å². The molecule has 0 atom stereocenters. The average Bonchev–Trinajstić information content (AvgIpc) is 2.57. The Morgan fingerprint density at radius 3 is 2.93 bits per heavy atom. The van der Waals surface area contributed by atoms with E-state index in [4.69, 9.17) is 4.74 Å². The highest BCUT2D eigenvalue weighted by atomic mass is 16.5. The molecule has 0 spiro atoms. The normalized spacial score (nSPS) is 11.2. The van der Waals surface area contributed by atoms with Crippen molar-refractivity contribution in [3.8, 4) is 0 Å². The SMILES string of the molecule is CC(C)NCCCOCc1cncn1C. The summed E-state index contributed by atoms with van der Waals surface area (Å²) < 4.78 is 7.52. The summed E-state index contributed by atoms with van der Waals surface area (Å²) in [6.45, 7) is 6.76. The van der Waals surface area contributed by atoms with E-state index in [1.54, 1.807) is 6.33 Å². The molecule has 0 unspecified atom stereocenters. The van der Waals surface area contributed by atoms with Crippen molar-refractivity contribution in [2.45, 2.75) is 32.9 Å². The van der Waals surface area contributed by atoms with Crippen molar-refractivity contribution in [1.29, 1.82) is 0 Å². The number of ether oxygens (including phenoxy) is 1. The van der Waals surface area contributed by atoms with Gasteiger partial charge in [0.05, 0.1) is 24.8 Å². The summed E-state index contributed by atoms with van der Waals surface area (Å²) in [5.41, 5.74) is 1.12. The van der Waals surface area contributed by atoms with Crippen LogP contribution in [0.15, 0.2) is 12.5 Å². The topological polar surface area (TPSA) is 39.1 Å². The van der Waals surface area contributed by atoms with Crippen molar-refractivity contribution in [3.05, 3.63) is 18.2 Å². The number of imidazole rings is 1. The van der Waals surface area contributed by atoms with Crippen molar-refractivity contribution in [3.63, 3.8) is 0 Å². The van der Waals surface area contributed by atoms with Crippen LogP contribution in [0.4, 0.5) is 0 Å². The molecule has 1 aromatic heterocycles. The van der Waals surface area contributed by atoms with Crippen LogP contribution in [-0.2, 0) is 18.4 Å². The van der Waals surface area contributed by atoms with Crippen molar-refractivity contribution >= 4 is 0 Å². The summed E-state index contributed by atoms with van der Waals surface area (Å²) in [5, 5.41) is 3.35. The Labute approximate surface area is 91.7 Å².